The van der Waals surface area contributed by atoms with E-state index >= 15 is 0 Å². The van der Waals surface area contributed by atoms with Crippen LogP contribution in [0.15, 0.2) is 53.7 Å². The number of anilines is 2. The fourth-order valence-electron chi connectivity index (χ4n) is 3.96. The number of aliphatic hydroxyl groups is 1. The minimum Gasteiger partial charge on any atom is -0.454 e. The lowest BCUT2D eigenvalue weighted by atomic mass is 9.94. The van der Waals surface area contributed by atoms with Crippen LogP contribution in [-0.4, -0.2) is 39.2 Å². The van der Waals surface area contributed by atoms with Crippen molar-refractivity contribution in [3.8, 4) is 11.5 Å². The summed E-state index contributed by atoms with van der Waals surface area (Å²) in [5.41, 5.74) is 2.59. The van der Waals surface area contributed by atoms with E-state index in [2.05, 4.69) is 20.7 Å². The Bertz CT molecular complexity index is 1240. The highest BCUT2D eigenvalue weighted by molar-refractivity contribution is 6.30. The second kappa shape index (κ2) is 8.76. The van der Waals surface area contributed by atoms with E-state index in [9.17, 15) is 9.90 Å². The van der Waals surface area contributed by atoms with Gasteiger partial charge in [-0.15, -0.1) is 0 Å². The molecule has 1 aromatic heterocycles. The van der Waals surface area contributed by atoms with Crippen LogP contribution in [0.4, 0.5) is 11.6 Å². The first-order valence-corrected chi connectivity index (χ1v) is 10.9. The molecule has 3 N–H and O–H groups in total. The van der Waals surface area contributed by atoms with Gasteiger partial charge in [-0.25, -0.2) is 4.68 Å². The Hall–Kier alpha value is -3.56. The van der Waals surface area contributed by atoms with E-state index < -0.39 is 6.04 Å². The van der Waals surface area contributed by atoms with E-state index in [0.29, 0.717) is 58.1 Å². The third-order valence-electron chi connectivity index (χ3n) is 5.51. The van der Waals surface area contributed by atoms with Crippen LogP contribution in [-0.2, 0) is 11.2 Å². The van der Waals surface area contributed by atoms with Crippen LogP contribution < -0.4 is 20.1 Å². The number of benzene rings is 2. The van der Waals surface area contributed by atoms with Crippen molar-refractivity contribution in [2.75, 3.05) is 24.0 Å². The number of nitrogens with one attached hydrogen (secondary N) is 2. The number of nitrogens with zero attached hydrogens (tertiary/aromatic N) is 3. The van der Waals surface area contributed by atoms with Crippen molar-refractivity contribution in [1.29, 1.82) is 0 Å². The van der Waals surface area contributed by atoms with Crippen LogP contribution in [0.2, 0.25) is 5.02 Å². The van der Waals surface area contributed by atoms with Crippen LogP contribution >= 0.6 is 11.6 Å². The number of amides is 1. The number of carbonyl (C=O) groups is 1. The number of allylic oxidation sites excluding steroid dienone is 1. The molecule has 10 heteroatoms. The summed E-state index contributed by atoms with van der Waals surface area (Å²) in [7, 11) is 0. The molecule has 9 nitrogen and oxygen atoms in total. The molecule has 2 aromatic carbocycles. The van der Waals surface area contributed by atoms with Gasteiger partial charge in [0, 0.05) is 29.4 Å². The molecule has 0 aliphatic carbocycles. The Morgan fingerprint density at radius 2 is 2.03 bits per heavy atom. The zero-order valence-corrected chi connectivity index (χ0v) is 18.6. The van der Waals surface area contributed by atoms with Crippen molar-refractivity contribution in [2.24, 2.45) is 0 Å². The molecule has 1 amide bonds. The van der Waals surface area contributed by atoms with Crippen molar-refractivity contribution in [1.82, 2.24) is 14.8 Å². The Morgan fingerprint density at radius 3 is 2.82 bits per heavy atom. The maximum Gasteiger partial charge on any atom is 0.255 e. The SMILES string of the molecule is CC1=C(C(=O)Nc2ccc(Cl)cc2)C(c2ccc3c(c2)OCO3)n2nc(CCCO)nc2N1. The van der Waals surface area contributed by atoms with E-state index in [1.54, 1.807) is 28.9 Å². The largest absolute Gasteiger partial charge is 0.454 e. The minimum absolute atomic E-state index is 0.0505. The number of aryl methyl sites for hydroxylation is 1. The molecule has 0 saturated heterocycles. The Kier molecular flexibility index (Phi) is 5.65. The maximum absolute atomic E-state index is 13.5. The summed E-state index contributed by atoms with van der Waals surface area (Å²) in [6.45, 7) is 2.04. The van der Waals surface area contributed by atoms with Gasteiger partial charge >= 0.3 is 0 Å². The monoisotopic (exact) mass is 467 g/mol. The highest BCUT2D eigenvalue weighted by atomic mass is 35.5. The second-order valence-electron chi connectivity index (χ2n) is 7.76. The minimum atomic E-state index is -0.543. The number of ether oxygens (including phenoxy) is 2. The molecule has 3 aromatic rings. The standard InChI is InChI=1S/C23H22ClN5O4/c1-13-20(22(31)26-16-7-5-15(24)6-8-16)21(14-4-9-17-18(11-14)33-12-32-17)29-23(25-13)27-19(28-29)3-2-10-30/h4-9,11,21,30H,2-3,10,12H2,1H3,(H,26,31)(H,25,27,28). The van der Waals surface area contributed by atoms with E-state index in [1.165, 1.54) is 0 Å². The van der Waals surface area contributed by atoms with Gasteiger partial charge in [0.25, 0.3) is 5.91 Å². The molecule has 33 heavy (non-hydrogen) atoms. The molecule has 0 spiro atoms. The summed E-state index contributed by atoms with van der Waals surface area (Å²) in [6, 6.07) is 12.0. The first kappa shape index (κ1) is 21.3. The summed E-state index contributed by atoms with van der Waals surface area (Å²) in [6.07, 6.45) is 1.08. The van der Waals surface area contributed by atoms with Crippen molar-refractivity contribution < 1.29 is 19.4 Å². The molecule has 1 unspecified atom stereocenters. The molecule has 170 valence electrons. The molecule has 0 saturated carbocycles. The first-order valence-electron chi connectivity index (χ1n) is 10.5. The molecule has 1 atom stereocenters. The predicted molar refractivity (Wildman–Crippen MR) is 123 cm³/mol. The maximum atomic E-state index is 13.5. The zero-order valence-electron chi connectivity index (χ0n) is 17.8. The van der Waals surface area contributed by atoms with Gasteiger partial charge in [0.15, 0.2) is 17.3 Å². The van der Waals surface area contributed by atoms with Gasteiger partial charge in [0.1, 0.15) is 6.04 Å². The molecule has 0 fully saturated rings. The van der Waals surface area contributed by atoms with E-state index in [4.69, 9.17) is 21.1 Å². The molecule has 2 aliphatic heterocycles. The fourth-order valence-corrected chi connectivity index (χ4v) is 4.08. The average Bonchev–Trinajstić information content (AvgIpc) is 3.44. The number of hydrogen-bond donors (Lipinski definition) is 3. The van der Waals surface area contributed by atoms with Gasteiger partial charge in [0.2, 0.25) is 12.7 Å². The van der Waals surface area contributed by atoms with Gasteiger partial charge in [-0.05, 0) is 55.3 Å². The van der Waals surface area contributed by atoms with E-state index in [-0.39, 0.29) is 19.3 Å². The van der Waals surface area contributed by atoms with Crippen LogP contribution in [0.5, 0.6) is 11.5 Å². The number of aliphatic hydroxyl groups excluding tert-OH is 1. The molecular formula is C23H22ClN5O4. The summed E-state index contributed by atoms with van der Waals surface area (Å²) in [5.74, 6) is 2.12. The Morgan fingerprint density at radius 1 is 1.24 bits per heavy atom. The number of halogens is 1. The van der Waals surface area contributed by atoms with E-state index in [1.807, 2.05) is 25.1 Å². The highest BCUT2D eigenvalue weighted by Crippen LogP contribution is 2.40. The van der Waals surface area contributed by atoms with Gasteiger partial charge in [0.05, 0.1) is 5.57 Å². The van der Waals surface area contributed by atoms with Crippen LogP contribution in [0.3, 0.4) is 0 Å². The smallest absolute Gasteiger partial charge is 0.255 e. The molecule has 0 bridgehead atoms. The van der Waals surface area contributed by atoms with Crippen molar-refractivity contribution >= 4 is 29.1 Å². The van der Waals surface area contributed by atoms with E-state index in [0.717, 1.165) is 5.56 Å². The number of aromatic nitrogens is 3. The first-order chi connectivity index (χ1) is 16.0. The lowest BCUT2D eigenvalue weighted by Gasteiger charge is -2.28. The number of carbonyl (C=O) groups excluding carboxylic acids is 1. The fraction of sp³-hybridized carbons (Fsp3) is 0.261. The quantitative estimate of drug-likeness (QED) is 0.508. The van der Waals surface area contributed by atoms with Gasteiger partial charge in [-0.2, -0.15) is 10.1 Å². The normalized spacial score (nSPS) is 16.4. The molecule has 2 aliphatic rings. The van der Waals surface area contributed by atoms with Crippen molar-refractivity contribution in [3.05, 3.63) is 70.1 Å². The summed E-state index contributed by atoms with van der Waals surface area (Å²) >= 11 is 5.98. The summed E-state index contributed by atoms with van der Waals surface area (Å²) in [4.78, 5) is 18.0. The average molecular weight is 468 g/mol. The van der Waals surface area contributed by atoms with Crippen molar-refractivity contribution in [2.45, 2.75) is 25.8 Å². The molecule has 3 heterocycles. The second-order valence-corrected chi connectivity index (χ2v) is 8.20. The lowest BCUT2D eigenvalue weighted by Crippen LogP contribution is -2.31. The van der Waals surface area contributed by atoms with Gasteiger partial charge < -0.3 is 25.2 Å². The highest BCUT2D eigenvalue weighted by Gasteiger charge is 2.35. The third-order valence-corrected chi connectivity index (χ3v) is 5.77. The molecule has 0 radical (unpaired) electrons. The van der Waals surface area contributed by atoms with Gasteiger partial charge in [-0.3, -0.25) is 4.79 Å². The number of hydrogen-bond acceptors (Lipinski definition) is 7. The summed E-state index contributed by atoms with van der Waals surface area (Å²) in [5, 5.41) is 20.6. The van der Waals surface area contributed by atoms with Crippen molar-refractivity contribution in [3.63, 3.8) is 0 Å². The molecular weight excluding hydrogens is 446 g/mol. The lowest BCUT2D eigenvalue weighted by molar-refractivity contribution is -0.113. The van der Waals surface area contributed by atoms with Gasteiger partial charge in [-0.1, -0.05) is 17.7 Å². The third kappa shape index (κ3) is 4.12. The topological polar surface area (TPSA) is 111 Å². The predicted octanol–water partition coefficient (Wildman–Crippen LogP) is 3.51. The zero-order chi connectivity index (χ0) is 22.9. The number of fused-ring (bicyclic) bond motifs is 2. The van der Waals surface area contributed by atoms with Crippen LogP contribution in [0, 0.1) is 0 Å². The Labute approximate surface area is 195 Å². The van der Waals surface area contributed by atoms with Crippen LogP contribution in [0.1, 0.15) is 30.8 Å². The summed E-state index contributed by atoms with van der Waals surface area (Å²) < 4.78 is 12.7. The molecule has 5 rings (SSSR count). The van der Waals surface area contributed by atoms with Crippen LogP contribution in [0.25, 0.3) is 0 Å². The Balaban J connectivity index is 1.56. The number of rotatable bonds is 6.